The molecule has 0 aliphatic heterocycles. The number of carbonyl (C=O) groups is 1. The number of amidine groups is 2. The van der Waals surface area contributed by atoms with E-state index in [1.807, 2.05) is 13.8 Å². The Labute approximate surface area is 109 Å². The second kappa shape index (κ2) is 10.4. The maximum absolute atomic E-state index is 10.7. The summed E-state index contributed by atoms with van der Waals surface area (Å²) in [6.45, 7) is 10.9. The maximum Gasteiger partial charge on any atom is 0.227 e. The lowest BCUT2D eigenvalue weighted by atomic mass is 10.2. The molecule has 6 heteroatoms. The van der Waals surface area contributed by atoms with Crippen LogP contribution in [0.2, 0.25) is 0 Å². The number of hydrogen-bond donors (Lipinski definition) is 3. The summed E-state index contributed by atoms with van der Waals surface area (Å²) in [4.78, 5) is 10.7. The van der Waals surface area contributed by atoms with Crippen molar-refractivity contribution in [1.29, 1.82) is 5.41 Å². The van der Waals surface area contributed by atoms with Gasteiger partial charge in [0.25, 0.3) is 0 Å². The van der Waals surface area contributed by atoms with E-state index in [1.54, 1.807) is 33.9 Å². The van der Waals surface area contributed by atoms with Crippen molar-refractivity contribution in [1.82, 2.24) is 5.32 Å². The molecule has 0 saturated heterocycles. The zero-order chi connectivity index (χ0) is 14.7. The SMILES string of the molecule is CC(=N)NC(=O)C(C)C.CC(N)=N/N=C/C(C)C. The summed E-state index contributed by atoms with van der Waals surface area (Å²) in [5, 5.41) is 16.6. The van der Waals surface area contributed by atoms with E-state index in [4.69, 9.17) is 11.1 Å². The molecule has 0 fully saturated rings. The fourth-order valence-corrected chi connectivity index (χ4v) is 0.587. The van der Waals surface area contributed by atoms with Crippen LogP contribution in [0.1, 0.15) is 41.5 Å². The van der Waals surface area contributed by atoms with Gasteiger partial charge in [0, 0.05) is 12.1 Å². The predicted molar refractivity (Wildman–Crippen MR) is 77.0 cm³/mol. The van der Waals surface area contributed by atoms with Gasteiger partial charge in [-0.1, -0.05) is 27.7 Å². The van der Waals surface area contributed by atoms with Crippen molar-refractivity contribution in [2.24, 2.45) is 27.8 Å². The molecule has 0 saturated carbocycles. The fourth-order valence-electron chi connectivity index (χ4n) is 0.587. The Balaban J connectivity index is 0. The van der Waals surface area contributed by atoms with E-state index in [2.05, 4.69) is 15.5 Å². The highest BCUT2D eigenvalue weighted by molar-refractivity contribution is 5.96. The van der Waals surface area contributed by atoms with E-state index in [-0.39, 0.29) is 17.7 Å². The first kappa shape index (κ1) is 18.6. The van der Waals surface area contributed by atoms with Crippen molar-refractivity contribution < 1.29 is 4.79 Å². The Morgan fingerprint density at radius 2 is 1.78 bits per heavy atom. The highest BCUT2D eigenvalue weighted by atomic mass is 16.1. The van der Waals surface area contributed by atoms with Crippen molar-refractivity contribution in [2.45, 2.75) is 41.5 Å². The Morgan fingerprint density at radius 1 is 1.28 bits per heavy atom. The molecule has 1 amide bonds. The Morgan fingerprint density at radius 3 is 2.00 bits per heavy atom. The molecule has 0 aromatic rings. The lowest BCUT2D eigenvalue weighted by Crippen LogP contribution is -2.31. The minimum absolute atomic E-state index is 0.0368. The molecule has 18 heavy (non-hydrogen) atoms. The smallest absolute Gasteiger partial charge is 0.227 e. The zero-order valence-corrected chi connectivity index (χ0v) is 12.1. The molecule has 0 unspecified atom stereocenters. The number of carbonyl (C=O) groups excluding carboxylic acids is 1. The molecule has 0 heterocycles. The van der Waals surface area contributed by atoms with Crippen molar-refractivity contribution in [3.05, 3.63) is 0 Å². The van der Waals surface area contributed by atoms with Gasteiger partial charge in [0.1, 0.15) is 5.84 Å². The van der Waals surface area contributed by atoms with E-state index in [1.165, 1.54) is 0 Å². The van der Waals surface area contributed by atoms with Crippen LogP contribution in [0.15, 0.2) is 10.2 Å². The summed E-state index contributed by atoms with van der Waals surface area (Å²) in [7, 11) is 0. The van der Waals surface area contributed by atoms with Crippen LogP contribution in [-0.4, -0.2) is 23.8 Å². The molecule has 104 valence electrons. The van der Waals surface area contributed by atoms with Gasteiger partial charge in [-0.15, -0.1) is 5.10 Å². The van der Waals surface area contributed by atoms with Crippen LogP contribution < -0.4 is 11.1 Å². The number of hydrogen-bond acceptors (Lipinski definition) is 4. The van der Waals surface area contributed by atoms with Crippen molar-refractivity contribution in [3.8, 4) is 0 Å². The first-order valence-corrected chi connectivity index (χ1v) is 5.86. The standard InChI is InChI=1S/C6H13N3.C6H12N2O/c1-5(2)4-8-9-6(3)7;1-4(2)6(9)8-5(3)7/h4-5H,1-3H3,(H2,7,9);4H,1-3H3,(H2,7,8,9)/b8-4+;. The van der Waals surface area contributed by atoms with Gasteiger partial charge in [-0.05, 0) is 19.8 Å². The molecule has 0 aromatic heterocycles. The van der Waals surface area contributed by atoms with Gasteiger partial charge in [-0.2, -0.15) is 5.10 Å². The molecule has 0 aliphatic rings. The molecular formula is C12H25N5O. The van der Waals surface area contributed by atoms with Crippen LogP contribution in [0.3, 0.4) is 0 Å². The average Bonchev–Trinajstić information content (AvgIpc) is 2.15. The average molecular weight is 255 g/mol. The van der Waals surface area contributed by atoms with E-state index in [0.29, 0.717) is 11.8 Å². The number of nitrogens with zero attached hydrogens (tertiary/aromatic N) is 2. The molecule has 4 N–H and O–H groups in total. The Hall–Kier alpha value is -1.72. The second-order valence-corrected chi connectivity index (χ2v) is 4.52. The third-order valence-corrected chi connectivity index (χ3v) is 1.42. The van der Waals surface area contributed by atoms with Crippen molar-refractivity contribution >= 4 is 23.8 Å². The quantitative estimate of drug-likeness (QED) is 0.406. The monoisotopic (exact) mass is 255 g/mol. The number of amides is 1. The van der Waals surface area contributed by atoms with Crippen LogP contribution in [0.5, 0.6) is 0 Å². The first-order chi connectivity index (χ1) is 8.16. The fraction of sp³-hybridized carbons (Fsp3) is 0.667. The summed E-state index contributed by atoms with van der Waals surface area (Å²) in [6.07, 6.45) is 1.75. The van der Waals surface area contributed by atoms with Crippen LogP contribution in [-0.2, 0) is 4.79 Å². The van der Waals surface area contributed by atoms with Gasteiger partial charge in [0.15, 0.2) is 0 Å². The van der Waals surface area contributed by atoms with Gasteiger partial charge < -0.3 is 11.1 Å². The third kappa shape index (κ3) is 16.7. The summed E-state index contributed by atoms with van der Waals surface area (Å²) in [6, 6.07) is 0. The molecule has 6 nitrogen and oxygen atoms in total. The van der Waals surface area contributed by atoms with Gasteiger partial charge >= 0.3 is 0 Å². The molecule has 0 atom stereocenters. The van der Waals surface area contributed by atoms with Crippen LogP contribution in [0, 0.1) is 17.2 Å². The van der Waals surface area contributed by atoms with E-state index in [0.717, 1.165) is 0 Å². The highest BCUT2D eigenvalue weighted by Gasteiger charge is 2.04. The largest absolute Gasteiger partial charge is 0.386 e. The Kier molecular flexibility index (Phi) is 10.8. The van der Waals surface area contributed by atoms with Gasteiger partial charge in [-0.3, -0.25) is 10.2 Å². The second-order valence-electron chi connectivity index (χ2n) is 4.52. The molecule has 0 rings (SSSR count). The summed E-state index contributed by atoms with van der Waals surface area (Å²) >= 11 is 0. The topological polar surface area (TPSA) is 104 Å². The summed E-state index contributed by atoms with van der Waals surface area (Å²) in [5.41, 5.74) is 5.21. The normalized spacial score (nSPS) is 11.4. The first-order valence-electron chi connectivity index (χ1n) is 5.86. The van der Waals surface area contributed by atoms with E-state index in [9.17, 15) is 4.79 Å². The highest BCUT2D eigenvalue weighted by Crippen LogP contribution is 1.89. The minimum atomic E-state index is -0.0949. The molecule has 0 aromatic carbocycles. The van der Waals surface area contributed by atoms with Crippen molar-refractivity contribution in [2.75, 3.05) is 0 Å². The third-order valence-electron chi connectivity index (χ3n) is 1.42. The number of nitrogens with two attached hydrogens (primary N) is 1. The number of nitrogens with one attached hydrogen (secondary N) is 2. The van der Waals surface area contributed by atoms with Gasteiger partial charge in [0.05, 0.1) is 5.84 Å². The van der Waals surface area contributed by atoms with Crippen LogP contribution >= 0.6 is 0 Å². The Bertz CT molecular complexity index is 314. The van der Waals surface area contributed by atoms with Gasteiger partial charge in [0.2, 0.25) is 5.91 Å². The summed E-state index contributed by atoms with van der Waals surface area (Å²) < 4.78 is 0. The summed E-state index contributed by atoms with van der Waals surface area (Å²) in [5.74, 6) is 1.00. The lowest BCUT2D eigenvalue weighted by molar-refractivity contribution is -0.122. The molecule has 0 spiro atoms. The van der Waals surface area contributed by atoms with Crippen LogP contribution in [0.25, 0.3) is 0 Å². The van der Waals surface area contributed by atoms with Gasteiger partial charge in [-0.25, -0.2) is 0 Å². The minimum Gasteiger partial charge on any atom is -0.386 e. The molecular weight excluding hydrogens is 230 g/mol. The zero-order valence-electron chi connectivity index (χ0n) is 12.1. The van der Waals surface area contributed by atoms with E-state index >= 15 is 0 Å². The maximum atomic E-state index is 10.7. The molecule has 0 aliphatic carbocycles. The van der Waals surface area contributed by atoms with Crippen molar-refractivity contribution in [3.63, 3.8) is 0 Å². The molecule has 0 radical (unpaired) electrons. The number of rotatable bonds is 3. The van der Waals surface area contributed by atoms with E-state index < -0.39 is 0 Å². The lowest BCUT2D eigenvalue weighted by Gasteiger charge is -2.03. The predicted octanol–water partition coefficient (Wildman–Crippen LogP) is 1.76. The van der Waals surface area contributed by atoms with Crippen LogP contribution in [0.4, 0.5) is 0 Å². The molecule has 0 bridgehead atoms.